The Hall–Kier alpha value is -2.78. The van der Waals surface area contributed by atoms with Gasteiger partial charge < -0.3 is 10.2 Å². The lowest BCUT2D eigenvalue weighted by Crippen LogP contribution is -2.58. The molecule has 1 aromatic carbocycles. The first kappa shape index (κ1) is 26.1. The van der Waals surface area contributed by atoms with Crippen LogP contribution in [0.1, 0.15) is 69.7 Å². The van der Waals surface area contributed by atoms with Gasteiger partial charge in [0.25, 0.3) is 5.56 Å². The monoisotopic (exact) mass is 546 g/mol. The third-order valence-electron chi connectivity index (χ3n) is 10.5. The summed E-state index contributed by atoms with van der Waals surface area (Å²) in [6.07, 6.45) is 10.4. The topological polar surface area (TPSA) is 99.6 Å². The van der Waals surface area contributed by atoms with E-state index in [0.29, 0.717) is 28.7 Å². The molecule has 0 radical (unpaired) electrons. The molecule has 9 nitrogen and oxygen atoms in total. The number of imide groups is 1. The van der Waals surface area contributed by atoms with Crippen LogP contribution in [0.2, 0.25) is 0 Å². The number of nitrogens with zero attached hydrogens (tertiary/aromatic N) is 4. The van der Waals surface area contributed by atoms with Crippen molar-refractivity contribution in [1.82, 2.24) is 25.1 Å². The lowest BCUT2D eigenvalue weighted by atomic mass is 9.53. The van der Waals surface area contributed by atoms with E-state index in [4.69, 9.17) is 4.98 Å². The van der Waals surface area contributed by atoms with Gasteiger partial charge in [-0.05, 0) is 101 Å². The van der Waals surface area contributed by atoms with Crippen LogP contribution >= 0.6 is 0 Å². The molecule has 3 heterocycles. The van der Waals surface area contributed by atoms with Crippen LogP contribution in [0.4, 0.5) is 5.69 Å². The van der Waals surface area contributed by atoms with E-state index in [1.165, 1.54) is 49.5 Å². The van der Waals surface area contributed by atoms with Crippen molar-refractivity contribution in [1.29, 1.82) is 0 Å². The van der Waals surface area contributed by atoms with Crippen LogP contribution in [0.25, 0.3) is 10.9 Å². The van der Waals surface area contributed by atoms with E-state index in [1.54, 1.807) is 6.92 Å². The van der Waals surface area contributed by atoms with Crippen LogP contribution in [0.5, 0.6) is 0 Å². The Morgan fingerprint density at radius 1 is 1.00 bits per heavy atom. The van der Waals surface area contributed by atoms with Crippen molar-refractivity contribution in [2.75, 3.05) is 44.2 Å². The average molecular weight is 547 g/mol. The summed E-state index contributed by atoms with van der Waals surface area (Å²) in [5.74, 6) is 2.72. The maximum Gasteiger partial charge on any atom is 0.264 e. The second-order valence-corrected chi connectivity index (χ2v) is 13.3. The zero-order valence-electron chi connectivity index (χ0n) is 23.7. The molecule has 2 saturated heterocycles. The molecule has 40 heavy (non-hydrogen) atoms. The van der Waals surface area contributed by atoms with Crippen LogP contribution in [-0.2, 0) is 9.59 Å². The second kappa shape index (κ2) is 10.2. The number of carbonyl (C=O) groups is 2. The van der Waals surface area contributed by atoms with Gasteiger partial charge in [-0.3, -0.25) is 29.2 Å². The molecule has 4 bridgehead atoms. The largest absolute Gasteiger partial charge is 0.368 e. The van der Waals surface area contributed by atoms with E-state index in [0.717, 1.165) is 62.7 Å². The molecule has 2 amide bonds. The number of piperidine rings is 1. The number of fused-ring (bicyclic) bond motifs is 1. The van der Waals surface area contributed by atoms with E-state index in [9.17, 15) is 14.4 Å². The molecular weight excluding hydrogens is 504 g/mol. The van der Waals surface area contributed by atoms with Crippen molar-refractivity contribution in [2.45, 2.75) is 76.3 Å². The summed E-state index contributed by atoms with van der Waals surface area (Å²) in [4.78, 5) is 47.6. The molecule has 0 spiro atoms. The minimum atomic E-state index is -0.709. The maximum absolute atomic E-state index is 13.8. The number of amides is 2. The summed E-state index contributed by atoms with van der Waals surface area (Å²) in [7, 11) is 0. The van der Waals surface area contributed by atoms with E-state index < -0.39 is 11.9 Å². The molecule has 2 N–H and O–H groups in total. The number of nitrogens with one attached hydrogen (secondary N) is 2. The SMILES string of the molecule is Cc1nc2cccc(N3CCN(CCCNC45CC6CC(CC(C6)C4)C5)CC3)c2c(=O)n1C1CCC(=O)NC1=O. The molecule has 1 aromatic heterocycles. The number of anilines is 1. The molecule has 6 aliphatic rings. The highest BCUT2D eigenvalue weighted by Crippen LogP contribution is 2.55. The van der Waals surface area contributed by atoms with Gasteiger partial charge >= 0.3 is 0 Å². The predicted octanol–water partition coefficient (Wildman–Crippen LogP) is 2.75. The smallest absolute Gasteiger partial charge is 0.264 e. The molecule has 6 fully saturated rings. The molecule has 4 saturated carbocycles. The van der Waals surface area contributed by atoms with Crippen LogP contribution in [0.3, 0.4) is 0 Å². The van der Waals surface area contributed by atoms with Gasteiger partial charge in [0.2, 0.25) is 11.8 Å². The second-order valence-electron chi connectivity index (χ2n) is 13.3. The zero-order chi connectivity index (χ0) is 27.4. The van der Waals surface area contributed by atoms with Crippen molar-refractivity contribution in [2.24, 2.45) is 17.8 Å². The molecule has 214 valence electrons. The molecular formula is C31H42N6O3. The Morgan fingerprint density at radius 3 is 2.38 bits per heavy atom. The fourth-order valence-corrected chi connectivity index (χ4v) is 9.09. The fraction of sp³-hybridized carbons (Fsp3) is 0.677. The summed E-state index contributed by atoms with van der Waals surface area (Å²) in [5.41, 5.74) is 1.78. The quantitative estimate of drug-likeness (QED) is 0.407. The molecule has 2 aromatic rings. The summed E-state index contributed by atoms with van der Waals surface area (Å²) in [6.45, 7) is 7.61. The first-order valence-corrected chi connectivity index (χ1v) is 15.5. The van der Waals surface area contributed by atoms with Crippen molar-refractivity contribution in [3.63, 3.8) is 0 Å². The lowest BCUT2D eigenvalue weighted by Gasteiger charge is -2.57. The molecule has 8 rings (SSSR count). The first-order chi connectivity index (χ1) is 19.4. The van der Waals surface area contributed by atoms with Gasteiger partial charge in [-0.2, -0.15) is 0 Å². The number of rotatable bonds is 7. The Morgan fingerprint density at radius 2 is 1.70 bits per heavy atom. The minimum Gasteiger partial charge on any atom is -0.368 e. The van der Waals surface area contributed by atoms with Crippen LogP contribution in [0, 0.1) is 24.7 Å². The highest BCUT2D eigenvalue weighted by molar-refractivity contribution is 5.99. The normalized spacial score (nSPS) is 32.2. The Kier molecular flexibility index (Phi) is 6.70. The molecule has 4 aliphatic carbocycles. The van der Waals surface area contributed by atoms with Crippen molar-refractivity contribution in [3.05, 3.63) is 34.4 Å². The van der Waals surface area contributed by atoms with Gasteiger partial charge in [-0.15, -0.1) is 0 Å². The summed E-state index contributed by atoms with van der Waals surface area (Å²) in [6, 6.07) is 5.12. The van der Waals surface area contributed by atoms with E-state index >= 15 is 0 Å². The zero-order valence-corrected chi connectivity index (χ0v) is 23.7. The maximum atomic E-state index is 13.8. The summed E-state index contributed by atoms with van der Waals surface area (Å²) >= 11 is 0. The lowest BCUT2D eigenvalue weighted by molar-refractivity contribution is -0.135. The number of piperazine rings is 1. The van der Waals surface area contributed by atoms with Gasteiger partial charge in [0.05, 0.1) is 16.6 Å². The van der Waals surface area contributed by atoms with Gasteiger partial charge in [0, 0.05) is 38.1 Å². The standard InChI is InChI=1S/C31H42N6O3/c1-20-33-24-4-2-5-25(28(24)30(40)37(20)26-6-7-27(38)34-29(26)39)36-12-10-35(11-13-36)9-3-8-32-31-17-21-14-22(18-31)16-23(15-21)19-31/h2,4-5,21-23,26,32H,3,6-19H2,1H3,(H,34,38,39). The Balaban J connectivity index is 0.990. The Bertz CT molecular complexity index is 1340. The first-order valence-electron chi connectivity index (χ1n) is 15.5. The summed E-state index contributed by atoms with van der Waals surface area (Å²) < 4.78 is 1.49. The van der Waals surface area contributed by atoms with Gasteiger partial charge in [-0.25, -0.2) is 4.98 Å². The Labute approximate surface area is 235 Å². The molecule has 2 aliphatic heterocycles. The third-order valence-corrected chi connectivity index (χ3v) is 10.5. The highest BCUT2D eigenvalue weighted by atomic mass is 16.2. The summed E-state index contributed by atoms with van der Waals surface area (Å²) in [5, 5.41) is 6.98. The predicted molar refractivity (Wildman–Crippen MR) is 154 cm³/mol. The van der Waals surface area contributed by atoms with Crippen LogP contribution < -0.4 is 21.1 Å². The van der Waals surface area contributed by atoms with Gasteiger partial charge in [-0.1, -0.05) is 6.07 Å². The minimum absolute atomic E-state index is 0.203. The number of aromatic nitrogens is 2. The van der Waals surface area contributed by atoms with E-state index in [2.05, 4.69) is 20.4 Å². The third kappa shape index (κ3) is 4.75. The van der Waals surface area contributed by atoms with E-state index in [1.807, 2.05) is 18.2 Å². The van der Waals surface area contributed by atoms with Crippen LogP contribution in [-0.4, -0.2) is 71.1 Å². The average Bonchev–Trinajstić information content (AvgIpc) is 2.91. The molecule has 1 atom stereocenters. The van der Waals surface area contributed by atoms with Gasteiger partial charge in [0.15, 0.2) is 0 Å². The number of benzene rings is 1. The van der Waals surface area contributed by atoms with Crippen molar-refractivity contribution < 1.29 is 9.59 Å². The van der Waals surface area contributed by atoms with Crippen molar-refractivity contribution in [3.8, 4) is 0 Å². The number of carbonyl (C=O) groups excluding carboxylic acids is 2. The number of hydrogen-bond acceptors (Lipinski definition) is 7. The fourth-order valence-electron chi connectivity index (χ4n) is 9.09. The number of aryl methyl sites for hydroxylation is 1. The molecule has 1 unspecified atom stereocenters. The number of hydrogen-bond donors (Lipinski definition) is 2. The van der Waals surface area contributed by atoms with E-state index in [-0.39, 0.29) is 17.9 Å². The highest BCUT2D eigenvalue weighted by Gasteiger charge is 2.50. The van der Waals surface area contributed by atoms with Crippen molar-refractivity contribution >= 4 is 28.4 Å². The molecule has 9 heteroatoms. The van der Waals surface area contributed by atoms with Gasteiger partial charge in [0.1, 0.15) is 11.9 Å². The van der Waals surface area contributed by atoms with Crippen LogP contribution in [0.15, 0.2) is 23.0 Å².